The Morgan fingerprint density at radius 1 is 0.912 bits per heavy atom. The summed E-state index contributed by atoms with van der Waals surface area (Å²) in [5.41, 5.74) is 3.77. The van der Waals surface area contributed by atoms with Gasteiger partial charge in [-0.1, -0.05) is 29.5 Å². The molecule has 4 heterocycles. The van der Waals surface area contributed by atoms with E-state index in [1.165, 1.54) is 0 Å². The monoisotopic (exact) mass is 455 g/mol. The number of benzene rings is 2. The average Bonchev–Trinajstić information content (AvgIpc) is 3.43. The van der Waals surface area contributed by atoms with Crippen molar-refractivity contribution in [2.45, 2.75) is 32.2 Å². The van der Waals surface area contributed by atoms with Gasteiger partial charge in [-0.15, -0.1) is 0 Å². The molecule has 1 spiro atoms. The van der Waals surface area contributed by atoms with Gasteiger partial charge in [0.15, 0.2) is 0 Å². The molecule has 8 heteroatoms. The van der Waals surface area contributed by atoms with Crippen molar-refractivity contribution in [3.05, 3.63) is 60.3 Å². The zero-order chi connectivity index (χ0) is 23.0. The highest BCUT2D eigenvalue weighted by atomic mass is 16.2. The van der Waals surface area contributed by atoms with Crippen molar-refractivity contribution in [3.63, 3.8) is 0 Å². The van der Waals surface area contributed by atoms with E-state index in [1.54, 1.807) is 0 Å². The van der Waals surface area contributed by atoms with Crippen LogP contribution in [-0.2, 0) is 11.3 Å². The molecule has 3 aromatic rings. The standard InChI is InChI=1S/C26H29N7O/c34-25-26(10-14-31(15-11-26)24-18-27-22-7-1-2-8-23(22)29-24)9-4-13-32(25)19-20-5-3-6-21(17-20)33-16-12-28-30-33/h1-3,5-8,17-18H,4,9-16,19H2. The zero-order valence-corrected chi connectivity index (χ0v) is 19.3. The fraction of sp³-hybridized carbons (Fsp3) is 0.423. The number of aromatic nitrogens is 2. The van der Waals surface area contributed by atoms with Crippen molar-refractivity contribution in [1.82, 2.24) is 14.9 Å². The molecule has 8 nitrogen and oxygen atoms in total. The molecular weight excluding hydrogens is 426 g/mol. The van der Waals surface area contributed by atoms with E-state index in [9.17, 15) is 4.79 Å². The molecular formula is C26H29N7O. The molecule has 6 rings (SSSR count). The second kappa shape index (κ2) is 8.66. The molecule has 0 atom stereocenters. The van der Waals surface area contributed by atoms with E-state index in [1.807, 2.05) is 41.5 Å². The third-order valence-corrected chi connectivity index (χ3v) is 7.47. The number of anilines is 2. The molecule has 3 aliphatic heterocycles. The Hall–Kier alpha value is -3.55. The summed E-state index contributed by atoms with van der Waals surface area (Å²) in [6, 6.07) is 16.3. The molecule has 174 valence electrons. The lowest BCUT2D eigenvalue weighted by Gasteiger charge is -2.46. The SMILES string of the molecule is O=C1N(Cc2cccc(N3CCN=N3)c2)CCCC12CCN(c1cnc3ccccc3n1)CC2. The van der Waals surface area contributed by atoms with Gasteiger partial charge in [0, 0.05) is 26.2 Å². The molecule has 2 fully saturated rings. The number of hydrogen-bond acceptors (Lipinski definition) is 7. The Bertz CT molecular complexity index is 1230. The summed E-state index contributed by atoms with van der Waals surface area (Å²) in [4.78, 5) is 27.4. The summed E-state index contributed by atoms with van der Waals surface area (Å²) in [6.07, 6.45) is 5.63. The molecule has 2 saturated heterocycles. The van der Waals surface area contributed by atoms with Crippen LogP contribution < -0.4 is 9.91 Å². The minimum absolute atomic E-state index is 0.250. The van der Waals surface area contributed by atoms with Gasteiger partial charge in [-0.05, 0) is 55.5 Å². The van der Waals surface area contributed by atoms with E-state index in [4.69, 9.17) is 4.98 Å². The maximum atomic E-state index is 13.7. The minimum Gasteiger partial charge on any atom is -0.355 e. The minimum atomic E-state index is -0.250. The number of carbonyl (C=O) groups excluding carboxylic acids is 1. The Morgan fingerprint density at radius 3 is 2.59 bits per heavy atom. The molecule has 0 aliphatic carbocycles. The molecule has 0 unspecified atom stereocenters. The van der Waals surface area contributed by atoms with Gasteiger partial charge in [-0.25, -0.2) is 9.99 Å². The van der Waals surface area contributed by atoms with Crippen LogP contribution in [0.4, 0.5) is 11.5 Å². The number of fused-ring (bicyclic) bond motifs is 1. The topological polar surface area (TPSA) is 77.3 Å². The van der Waals surface area contributed by atoms with Gasteiger partial charge in [-0.3, -0.25) is 9.78 Å². The molecule has 1 amide bonds. The molecule has 34 heavy (non-hydrogen) atoms. The lowest BCUT2D eigenvalue weighted by molar-refractivity contribution is -0.148. The fourth-order valence-corrected chi connectivity index (χ4v) is 5.55. The third kappa shape index (κ3) is 3.87. The van der Waals surface area contributed by atoms with Crippen LogP contribution in [0.3, 0.4) is 0 Å². The molecule has 1 aromatic heterocycles. The quantitative estimate of drug-likeness (QED) is 0.589. The first kappa shape index (κ1) is 21.0. The van der Waals surface area contributed by atoms with E-state index in [2.05, 4.69) is 43.3 Å². The van der Waals surface area contributed by atoms with Crippen LogP contribution in [0.1, 0.15) is 31.2 Å². The van der Waals surface area contributed by atoms with Crippen LogP contribution in [0.5, 0.6) is 0 Å². The van der Waals surface area contributed by atoms with Gasteiger partial charge in [0.25, 0.3) is 0 Å². The Kier molecular flexibility index (Phi) is 5.36. The molecule has 0 bridgehead atoms. The van der Waals surface area contributed by atoms with Crippen LogP contribution in [-0.4, -0.2) is 53.5 Å². The predicted molar refractivity (Wildman–Crippen MR) is 132 cm³/mol. The highest BCUT2D eigenvalue weighted by Crippen LogP contribution is 2.42. The van der Waals surface area contributed by atoms with Gasteiger partial charge >= 0.3 is 0 Å². The fourth-order valence-electron chi connectivity index (χ4n) is 5.55. The number of carbonyl (C=O) groups is 1. The Morgan fingerprint density at radius 2 is 1.76 bits per heavy atom. The number of amides is 1. The summed E-state index contributed by atoms with van der Waals surface area (Å²) < 4.78 is 0. The lowest BCUT2D eigenvalue weighted by Crippen LogP contribution is -2.53. The van der Waals surface area contributed by atoms with E-state index in [0.717, 1.165) is 86.5 Å². The Labute approximate surface area is 199 Å². The second-order valence-corrected chi connectivity index (χ2v) is 9.56. The first-order valence-corrected chi connectivity index (χ1v) is 12.2. The molecule has 0 saturated carbocycles. The van der Waals surface area contributed by atoms with Crippen molar-refractivity contribution in [2.75, 3.05) is 42.6 Å². The number of hydrogen-bond donors (Lipinski definition) is 0. The van der Waals surface area contributed by atoms with Gasteiger partial charge in [0.1, 0.15) is 5.82 Å². The van der Waals surface area contributed by atoms with E-state index < -0.39 is 0 Å². The van der Waals surface area contributed by atoms with Crippen molar-refractivity contribution < 1.29 is 4.79 Å². The average molecular weight is 456 g/mol. The van der Waals surface area contributed by atoms with Crippen molar-refractivity contribution in [1.29, 1.82) is 0 Å². The summed E-state index contributed by atoms with van der Waals surface area (Å²) in [7, 11) is 0. The highest BCUT2D eigenvalue weighted by molar-refractivity contribution is 5.84. The van der Waals surface area contributed by atoms with Gasteiger partial charge in [0.05, 0.1) is 41.4 Å². The smallest absolute Gasteiger partial charge is 0.229 e. The van der Waals surface area contributed by atoms with E-state index in [-0.39, 0.29) is 5.41 Å². The van der Waals surface area contributed by atoms with E-state index >= 15 is 0 Å². The molecule has 2 aromatic carbocycles. The number of para-hydroxylation sites is 2. The Balaban J connectivity index is 1.14. The van der Waals surface area contributed by atoms with Gasteiger partial charge < -0.3 is 9.80 Å². The molecule has 3 aliphatic rings. The van der Waals surface area contributed by atoms with E-state index in [0.29, 0.717) is 12.5 Å². The predicted octanol–water partition coefficient (Wildman–Crippen LogP) is 4.23. The maximum absolute atomic E-state index is 13.7. The normalized spacial score (nSPS) is 20.0. The molecule has 0 radical (unpaired) electrons. The van der Waals surface area contributed by atoms with Crippen LogP contribution in [0.2, 0.25) is 0 Å². The number of piperidine rings is 2. The van der Waals surface area contributed by atoms with Gasteiger partial charge in [-0.2, -0.15) is 5.11 Å². The highest BCUT2D eigenvalue weighted by Gasteiger charge is 2.45. The summed E-state index contributed by atoms with van der Waals surface area (Å²) >= 11 is 0. The number of rotatable bonds is 4. The zero-order valence-electron chi connectivity index (χ0n) is 19.3. The lowest BCUT2D eigenvalue weighted by atomic mass is 9.71. The van der Waals surface area contributed by atoms with Crippen LogP contribution >= 0.6 is 0 Å². The summed E-state index contributed by atoms with van der Waals surface area (Å²) in [5, 5.41) is 10.2. The second-order valence-electron chi connectivity index (χ2n) is 9.56. The molecule has 0 N–H and O–H groups in total. The first-order chi connectivity index (χ1) is 16.7. The van der Waals surface area contributed by atoms with Crippen molar-refractivity contribution >= 4 is 28.4 Å². The van der Waals surface area contributed by atoms with Crippen LogP contribution in [0.15, 0.2) is 65.1 Å². The summed E-state index contributed by atoms with van der Waals surface area (Å²) in [6.45, 7) is 4.70. The van der Waals surface area contributed by atoms with Crippen molar-refractivity contribution in [2.24, 2.45) is 15.8 Å². The summed E-state index contributed by atoms with van der Waals surface area (Å²) in [5.74, 6) is 1.22. The number of nitrogens with zero attached hydrogens (tertiary/aromatic N) is 7. The number of likely N-dealkylation sites (tertiary alicyclic amines) is 1. The largest absolute Gasteiger partial charge is 0.355 e. The first-order valence-electron chi connectivity index (χ1n) is 12.2. The van der Waals surface area contributed by atoms with Crippen LogP contribution in [0, 0.1) is 5.41 Å². The van der Waals surface area contributed by atoms with Crippen molar-refractivity contribution in [3.8, 4) is 0 Å². The van der Waals surface area contributed by atoms with Gasteiger partial charge in [0.2, 0.25) is 5.91 Å². The van der Waals surface area contributed by atoms with Crippen LogP contribution in [0.25, 0.3) is 11.0 Å². The third-order valence-electron chi connectivity index (χ3n) is 7.47. The maximum Gasteiger partial charge on any atom is 0.229 e.